The van der Waals surface area contributed by atoms with E-state index in [0.717, 1.165) is 31.9 Å². The molecule has 3 rings (SSSR count). The Balaban J connectivity index is 1.82. The number of nitrogens with zero attached hydrogens (tertiary/aromatic N) is 2. The average Bonchev–Trinajstić information content (AvgIpc) is 3.01. The van der Waals surface area contributed by atoms with Crippen molar-refractivity contribution in [2.45, 2.75) is 31.7 Å². The lowest BCUT2D eigenvalue weighted by Gasteiger charge is -2.19. The highest BCUT2D eigenvalue weighted by Crippen LogP contribution is 2.29. The highest BCUT2D eigenvalue weighted by molar-refractivity contribution is 5.36. The summed E-state index contributed by atoms with van der Waals surface area (Å²) in [6.45, 7) is 5.03. The second-order valence-electron chi connectivity index (χ2n) is 5.32. The van der Waals surface area contributed by atoms with Gasteiger partial charge in [-0.25, -0.2) is 4.98 Å². The minimum absolute atomic E-state index is 0.510. The SMILES string of the molecule is Nc1ccc([C@@H]2CCOC2)c(CN2CCCC2)n1. The molecular weight excluding hydrogens is 226 g/mol. The average molecular weight is 247 g/mol. The summed E-state index contributed by atoms with van der Waals surface area (Å²) in [6, 6.07) is 4.06. The number of nitrogens with two attached hydrogens (primary N) is 1. The van der Waals surface area contributed by atoms with Crippen LogP contribution < -0.4 is 5.73 Å². The van der Waals surface area contributed by atoms with E-state index in [1.807, 2.05) is 6.07 Å². The second-order valence-corrected chi connectivity index (χ2v) is 5.32. The molecule has 0 saturated carbocycles. The maximum Gasteiger partial charge on any atom is 0.123 e. The first-order valence-corrected chi connectivity index (χ1v) is 6.88. The zero-order valence-electron chi connectivity index (χ0n) is 10.8. The van der Waals surface area contributed by atoms with E-state index < -0.39 is 0 Å². The Morgan fingerprint density at radius 3 is 2.89 bits per heavy atom. The van der Waals surface area contributed by atoms with E-state index >= 15 is 0 Å². The lowest BCUT2D eigenvalue weighted by molar-refractivity contribution is 0.193. The number of nitrogen functional groups attached to an aromatic ring is 1. The van der Waals surface area contributed by atoms with Crippen molar-refractivity contribution in [3.63, 3.8) is 0 Å². The standard InChI is InChI=1S/C14H21N3O/c15-14-4-3-12(11-5-8-18-10-11)13(16-14)9-17-6-1-2-7-17/h3-4,11H,1-2,5-10H2,(H2,15,16)/t11-/m1/s1. The molecule has 0 bridgehead atoms. The van der Waals surface area contributed by atoms with Crippen LogP contribution in [0.2, 0.25) is 0 Å². The van der Waals surface area contributed by atoms with E-state index in [2.05, 4.69) is 16.0 Å². The minimum atomic E-state index is 0.510. The predicted octanol–water partition coefficient (Wildman–Crippen LogP) is 1.76. The molecule has 1 aromatic heterocycles. The molecule has 0 aliphatic carbocycles. The Morgan fingerprint density at radius 1 is 1.33 bits per heavy atom. The Labute approximate surface area is 108 Å². The molecule has 0 unspecified atom stereocenters. The predicted molar refractivity (Wildman–Crippen MR) is 71.3 cm³/mol. The zero-order valence-corrected chi connectivity index (χ0v) is 10.8. The van der Waals surface area contributed by atoms with E-state index in [1.165, 1.54) is 31.5 Å². The van der Waals surface area contributed by atoms with Crippen LogP contribution in [0.4, 0.5) is 5.82 Å². The zero-order chi connectivity index (χ0) is 12.4. The van der Waals surface area contributed by atoms with Crippen molar-refractivity contribution in [1.29, 1.82) is 0 Å². The summed E-state index contributed by atoms with van der Waals surface area (Å²) in [6.07, 6.45) is 3.73. The van der Waals surface area contributed by atoms with Crippen molar-refractivity contribution in [2.75, 3.05) is 32.0 Å². The van der Waals surface area contributed by atoms with Crippen molar-refractivity contribution in [1.82, 2.24) is 9.88 Å². The van der Waals surface area contributed by atoms with E-state index in [1.54, 1.807) is 0 Å². The monoisotopic (exact) mass is 247 g/mol. The van der Waals surface area contributed by atoms with Gasteiger partial charge in [0.2, 0.25) is 0 Å². The quantitative estimate of drug-likeness (QED) is 0.884. The summed E-state index contributed by atoms with van der Waals surface area (Å²) in [5.41, 5.74) is 8.34. The van der Waals surface area contributed by atoms with Gasteiger partial charge in [-0.3, -0.25) is 4.90 Å². The molecule has 3 heterocycles. The van der Waals surface area contributed by atoms with Gasteiger partial charge >= 0.3 is 0 Å². The van der Waals surface area contributed by atoms with Gasteiger partial charge in [-0.05, 0) is 44.0 Å². The van der Waals surface area contributed by atoms with Crippen LogP contribution in [-0.4, -0.2) is 36.2 Å². The number of hydrogen-bond donors (Lipinski definition) is 1. The summed E-state index contributed by atoms with van der Waals surface area (Å²) in [5.74, 6) is 1.14. The Hall–Kier alpha value is -1.13. The van der Waals surface area contributed by atoms with Gasteiger partial charge in [0.15, 0.2) is 0 Å². The van der Waals surface area contributed by atoms with Crippen LogP contribution in [0.5, 0.6) is 0 Å². The van der Waals surface area contributed by atoms with Gasteiger partial charge in [0, 0.05) is 19.1 Å². The van der Waals surface area contributed by atoms with Crippen LogP contribution in [0.3, 0.4) is 0 Å². The highest BCUT2D eigenvalue weighted by Gasteiger charge is 2.23. The van der Waals surface area contributed by atoms with Crippen LogP contribution in [0.1, 0.15) is 36.4 Å². The van der Waals surface area contributed by atoms with E-state index in [-0.39, 0.29) is 0 Å². The third kappa shape index (κ3) is 2.49. The smallest absolute Gasteiger partial charge is 0.123 e. The molecule has 4 nitrogen and oxygen atoms in total. The largest absolute Gasteiger partial charge is 0.384 e. The number of aromatic nitrogens is 1. The molecule has 2 aliphatic heterocycles. The molecule has 2 N–H and O–H groups in total. The van der Waals surface area contributed by atoms with Gasteiger partial charge in [-0.15, -0.1) is 0 Å². The van der Waals surface area contributed by atoms with E-state index in [4.69, 9.17) is 10.5 Å². The lowest BCUT2D eigenvalue weighted by atomic mass is 9.96. The van der Waals surface area contributed by atoms with Crippen LogP contribution in [-0.2, 0) is 11.3 Å². The van der Waals surface area contributed by atoms with Gasteiger partial charge in [0.25, 0.3) is 0 Å². The maximum absolute atomic E-state index is 5.84. The molecular formula is C14H21N3O. The Kier molecular flexibility index (Phi) is 3.48. The first-order valence-electron chi connectivity index (χ1n) is 6.88. The highest BCUT2D eigenvalue weighted by atomic mass is 16.5. The van der Waals surface area contributed by atoms with Crippen LogP contribution >= 0.6 is 0 Å². The van der Waals surface area contributed by atoms with Crippen molar-refractivity contribution in [3.8, 4) is 0 Å². The third-order valence-corrected chi connectivity index (χ3v) is 3.97. The number of pyridine rings is 1. The summed E-state index contributed by atoms with van der Waals surface area (Å²) in [5, 5.41) is 0. The number of rotatable bonds is 3. The minimum Gasteiger partial charge on any atom is -0.384 e. The molecule has 0 spiro atoms. The van der Waals surface area contributed by atoms with Gasteiger partial charge < -0.3 is 10.5 Å². The summed E-state index contributed by atoms with van der Waals surface area (Å²) < 4.78 is 5.49. The third-order valence-electron chi connectivity index (χ3n) is 3.97. The molecule has 0 aromatic carbocycles. The van der Waals surface area contributed by atoms with Crippen LogP contribution in [0.15, 0.2) is 12.1 Å². The first-order chi connectivity index (χ1) is 8.83. The molecule has 1 aromatic rings. The van der Waals surface area contributed by atoms with Crippen molar-refractivity contribution in [2.24, 2.45) is 0 Å². The Bertz CT molecular complexity index is 410. The van der Waals surface area contributed by atoms with Crippen LogP contribution in [0, 0.1) is 0 Å². The summed E-state index contributed by atoms with van der Waals surface area (Å²) >= 11 is 0. The van der Waals surface area contributed by atoms with E-state index in [0.29, 0.717) is 11.7 Å². The Morgan fingerprint density at radius 2 is 2.17 bits per heavy atom. The fourth-order valence-electron chi connectivity index (χ4n) is 2.96. The molecule has 0 amide bonds. The number of ether oxygens (including phenoxy) is 1. The number of likely N-dealkylation sites (tertiary alicyclic amines) is 1. The van der Waals surface area contributed by atoms with Gasteiger partial charge in [-0.2, -0.15) is 0 Å². The first kappa shape index (κ1) is 11.9. The van der Waals surface area contributed by atoms with Crippen molar-refractivity contribution in [3.05, 3.63) is 23.4 Å². The van der Waals surface area contributed by atoms with Crippen LogP contribution in [0.25, 0.3) is 0 Å². The normalized spacial score (nSPS) is 24.8. The van der Waals surface area contributed by atoms with Gasteiger partial charge in [0.05, 0.1) is 12.3 Å². The molecule has 1 atom stereocenters. The molecule has 2 fully saturated rings. The molecule has 0 radical (unpaired) electrons. The molecule has 4 heteroatoms. The summed E-state index contributed by atoms with van der Waals surface area (Å²) in [4.78, 5) is 7.04. The second kappa shape index (κ2) is 5.24. The fraction of sp³-hybridized carbons (Fsp3) is 0.643. The molecule has 18 heavy (non-hydrogen) atoms. The van der Waals surface area contributed by atoms with Gasteiger partial charge in [0.1, 0.15) is 5.82 Å². The fourth-order valence-corrected chi connectivity index (χ4v) is 2.96. The van der Waals surface area contributed by atoms with E-state index in [9.17, 15) is 0 Å². The number of hydrogen-bond acceptors (Lipinski definition) is 4. The molecule has 98 valence electrons. The topological polar surface area (TPSA) is 51.4 Å². The molecule has 2 aliphatic rings. The van der Waals surface area contributed by atoms with Crippen molar-refractivity contribution < 1.29 is 4.74 Å². The lowest BCUT2D eigenvalue weighted by Crippen LogP contribution is -2.21. The number of anilines is 1. The van der Waals surface area contributed by atoms with Crippen molar-refractivity contribution >= 4 is 5.82 Å². The summed E-state index contributed by atoms with van der Waals surface area (Å²) in [7, 11) is 0. The molecule has 2 saturated heterocycles. The maximum atomic E-state index is 5.84. The van der Waals surface area contributed by atoms with Gasteiger partial charge in [-0.1, -0.05) is 6.07 Å².